The van der Waals surface area contributed by atoms with Gasteiger partial charge in [0, 0.05) is 0 Å². The zero-order valence-corrected chi connectivity index (χ0v) is 8.79. The number of hydrogen-bond acceptors (Lipinski definition) is 2. The van der Waals surface area contributed by atoms with Crippen molar-refractivity contribution in [3.8, 4) is 0 Å². The zero-order valence-electron chi connectivity index (χ0n) is 8.79. The lowest BCUT2D eigenvalue weighted by Crippen LogP contribution is -2.01. The number of carbonyl (C=O) groups is 1. The third-order valence-electron chi connectivity index (χ3n) is 2.25. The number of carbonyl (C=O) groups excluding carboxylic acids is 1. The minimum absolute atomic E-state index is 0.139. The Bertz CT molecular complexity index is 239. The summed E-state index contributed by atoms with van der Waals surface area (Å²) >= 11 is 0. The van der Waals surface area contributed by atoms with Gasteiger partial charge in [-0.2, -0.15) is 0 Å². The Hall–Kier alpha value is -1.05. The first-order valence-corrected chi connectivity index (χ1v) is 5.34. The molecule has 1 aliphatic rings. The normalized spacial score (nSPS) is 16.8. The minimum Gasteiger partial charge on any atom is -0.466 e. The third-order valence-corrected chi connectivity index (χ3v) is 2.25. The van der Waals surface area contributed by atoms with Gasteiger partial charge in [0.25, 0.3) is 0 Å². The largest absolute Gasteiger partial charge is 0.466 e. The fraction of sp³-hybridized carbons (Fsp3) is 0.583. The van der Waals surface area contributed by atoms with Gasteiger partial charge in [0.2, 0.25) is 0 Å². The quantitative estimate of drug-likeness (QED) is 0.643. The molecule has 0 unspecified atom stereocenters. The molecule has 0 bridgehead atoms. The summed E-state index contributed by atoms with van der Waals surface area (Å²) in [7, 11) is 0. The Labute approximate surface area is 85.6 Å². The Kier molecular flexibility index (Phi) is 5.05. The first-order valence-electron chi connectivity index (χ1n) is 5.34. The molecule has 1 aliphatic carbocycles. The van der Waals surface area contributed by atoms with Gasteiger partial charge in [0.1, 0.15) is 0 Å². The standard InChI is InChI=1S/C12H18O2/c1-2-14-12(13)10-6-9-11-7-4-3-5-8-11/h6-7,9H,2-5,8,10H2,1H3. The SMILES string of the molecule is CCOC(=O)CC=CC1=CCCCC1. The van der Waals surface area contributed by atoms with Crippen LogP contribution >= 0.6 is 0 Å². The lowest BCUT2D eigenvalue weighted by Gasteiger charge is -2.07. The fourth-order valence-electron chi connectivity index (χ4n) is 1.54. The van der Waals surface area contributed by atoms with E-state index in [2.05, 4.69) is 12.2 Å². The molecule has 78 valence electrons. The van der Waals surface area contributed by atoms with Crippen LogP contribution in [0.3, 0.4) is 0 Å². The van der Waals surface area contributed by atoms with Crippen LogP contribution in [0.25, 0.3) is 0 Å². The van der Waals surface area contributed by atoms with Gasteiger partial charge in [-0.15, -0.1) is 0 Å². The van der Waals surface area contributed by atoms with Crippen molar-refractivity contribution in [2.45, 2.75) is 39.0 Å². The van der Waals surface area contributed by atoms with Crippen molar-refractivity contribution in [2.24, 2.45) is 0 Å². The van der Waals surface area contributed by atoms with Crippen LogP contribution in [0.15, 0.2) is 23.8 Å². The van der Waals surface area contributed by atoms with Crippen molar-refractivity contribution in [3.63, 3.8) is 0 Å². The Morgan fingerprint density at radius 2 is 2.43 bits per heavy atom. The van der Waals surface area contributed by atoms with E-state index in [4.69, 9.17) is 4.74 Å². The summed E-state index contributed by atoms with van der Waals surface area (Å²) in [6.07, 6.45) is 11.5. The Morgan fingerprint density at radius 3 is 3.07 bits per heavy atom. The third kappa shape index (κ3) is 4.26. The molecule has 0 aromatic heterocycles. The second kappa shape index (κ2) is 6.41. The van der Waals surface area contributed by atoms with Gasteiger partial charge in [-0.3, -0.25) is 4.79 Å². The molecule has 0 N–H and O–H groups in total. The molecule has 0 heterocycles. The monoisotopic (exact) mass is 194 g/mol. The predicted octanol–water partition coefficient (Wildman–Crippen LogP) is 3.00. The molecule has 0 aromatic carbocycles. The number of allylic oxidation sites excluding steroid dienone is 3. The van der Waals surface area contributed by atoms with Crippen molar-refractivity contribution in [3.05, 3.63) is 23.8 Å². The molecule has 0 fully saturated rings. The average molecular weight is 194 g/mol. The van der Waals surface area contributed by atoms with Crippen LogP contribution in [-0.4, -0.2) is 12.6 Å². The van der Waals surface area contributed by atoms with E-state index in [9.17, 15) is 4.79 Å². The van der Waals surface area contributed by atoms with E-state index < -0.39 is 0 Å². The summed E-state index contributed by atoms with van der Waals surface area (Å²) in [5.74, 6) is -0.139. The van der Waals surface area contributed by atoms with E-state index in [1.165, 1.54) is 24.8 Å². The summed E-state index contributed by atoms with van der Waals surface area (Å²) in [6.45, 7) is 2.29. The fourth-order valence-corrected chi connectivity index (χ4v) is 1.54. The molecule has 0 aromatic rings. The first kappa shape index (κ1) is 11.0. The van der Waals surface area contributed by atoms with Crippen LogP contribution in [0.2, 0.25) is 0 Å². The van der Waals surface area contributed by atoms with Crippen molar-refractivity contribution in [2.75, 3.05) is 6.61 Å². The van der Waals surface area contributed by atoms with Crippen LogP contribution in [0.4, 0.5) is 0 Å². The van der Waals surface area contributed by atoms with Crippen molar-refractivity contribution in [1.82, 2.24) is 0 Å². The van der Waals surface area contributed by atoms with E-state index >= 15 is 0 Å². The molecule has 14 heavy (non-hydrogen) atoms. The van der Waals surface area contributed by atoms with Crippen molar-refractivity contribution in [1.29, 1.82) is 0 Å². The first-order chi connectivity index (χ1) is 6.83. The van der Waals surface area contributed by atoms with E-state index in [-0.39, 0.29) is 5.97 Å². The van der Waals surface area contributed by atoms with E-state index in [0.717, 1.165) is 6.42 Å². The number of hydrogen-bond donors (Lipinski definition) is 0. The lowest BCUT2D eigenvalue weighted by atomic mass is 9.99. The van der Waals surface area contributed by atoms with E-state index in [0.29, 0.717) is 13.0 Å². The summed E-state index contributed by atoms with van der Waals surface area (Å²) < 4.78 is 4.82. The van der Waals surface area contributed by atoms with Crippen LogP contribution in [-0.2, 0) is 9.53 Å². The van der Waals surface area contributed by atoms with Gasteiger partial charge in [0.15, 0.2) is 0 Å². The molecular formula is C12H18O2. The summed E-state index contributed by atoms with van der Waals surface area (Å²) in [5, 5.41) is 0. The number of rotatable bonds is 4. The van der Waals surface area contributed by atoms with E-state index in [1.54, 1.807) is 0 Å². The second-order valence-electron chi connectivity index (χ2n) is 3.44. The van der Waals surface area contributed by atoms with Crippen LogP contribution < -0.4 is 0 Å². The highest BCUT2D eigenvalue weighted by Crippen LogP contribution is 2.18. The molecule has 2 nitrogen and oxygen atoms in total. The molecule has 0 spiro atoms. The maximum atomic E-state index is 11.0. The smallest absolute Gasteiger partial charge is 0.309 e. The maximum absolute atomic E-state index is 11.0. The highest BCUT2D eigenvalue weighted by molar-refractivity contribution is 5.71. The van der Waals surface area contributed by atoms with Crippen molar-refractivity contribution < 1.29 is 9.53 Å². The minimum atomic E-state index is -0.139. The maximum Gasteiger partial charge on any atom is 0.309 e. The van der Waals surface area contributed by atoms with Gasteiger partial charge in [-0.25, -0.2) is 0 Å². The van der Waals surface area contributed by atoms with E-state index in [1.807, 2.05) is 13.0 Å². The molecule has 0 atom stereocenters. The molecule has 0 aliphatic heterocycles. The topological polar surface area (TPSA) is 26.3 Å². The molecule has 2 heteroatoms. The highest BCUT2D eigenvalue weighted by atomic mass is 16.5. The van der Waals surface area contributed by atoms with Crippen LogP contribution in [0, 0.1) is 0 Å². The van der Waals surface area contributed by atoms with Gasteiger partial charge in [-0.05, 0) is 32.6 Å². The highest BCUT2D eigenvalue weighted by Gasteiger charge is 2.00. The molecule has 0 amide bonds. The van der Waals surface area contributed by atoms with Crippen molar-refractivity contribution >= 4 is 5.97 Å². The Balaban J connectivity index is 2.25. The lowest BCUT2D eigenvalue weighted by molar-refractivity contribution is -0.142. The van der Waals surface area contributed by atoms with Gasteiger partial charge < -0.3 is 4.74 Å². The molecular weight excluding hydrogens is 176 g/mol. The Morgan fingerprint density at radius 1 is 1.57 bits per heavy atom. The van der Waals surface area contributed by atoms with Gasteiger partial charge in [-0.1, -0.05) is 23.8 Å². The van der Waals surface area contributed by atoms with Gasteiger partial charge in [0.05, 0.1) is 13.0 Å². The summed E-state index contributed by atoms with van der Waals surface area (Å²) in [5.41, 5.74) is 1.36. The number of ether oxygens (including phenoxy) is 1. The molecule has 0 radical (unpaired) electrons. The molecule has 1 rings (SSSR count). The van der Waals surface area contributed by atoms with Crippen LogP contribution in [0.5, 0.6) is 0 Å². The predicted molar refractivity (Wildman–Crippen MR) is 56.9 cm³/mol. The summed E-state index contributed by atoms with van der Waals surface area (Å²) in [4.78, 5) is 11.0. The second-order valence-corrected chi connectivity index (χ2v) is 3.44. The van der Waals surface area contributed by atoms with Gasteiger partial charge >= 0.3 is 5.97 Å². The zero-order chi connectivity index (χ0) is 10.2. The number of esters is 1. The molecule has 0 saturated carbocycles. The molecule has 0 saturated heterocycles. The average Bonchev–Trinajstić information content (AvgIpc) is 2.20. The summed E-state index contributed by atoms with van der Waals surface area (Å²) in [6, 6.07) is 0. The van der Waals surface area contributed by atoms with Crippen LogP contribution in [0.1, 0.15) is 39.0 Å².